The third kappa shape index (κ3) is 4.75. The number of rotatable bonds is 7. The number of benzene rings is 1. The van der Waals surface area contributed by atoms with E-state index in [0.29, 0.717) is 18.0 Å². The van der Waals surface area contributed by atoms with Crippen LogP contribution in [0.3, 0.4) is 0 Å². The van der Waals surface area contributed by atoms with E-state index in [1.807, 2.05) is 6.07 Å². The van der Waals surface area contributed by atoms with Crippen LogP contribution in [0, 0.1) is 17.2 Å². The molecule has 0 spiro atoms. The number of nitrogens with one attached hydrogen (secondary N) is 2. The highest BCUT2D eigenvalue weighted by Crippen LogP contribution is 2.43. The molecular formula is C28H40N4. The van der Waals surface area contributed by atoms with Crippen LogP contribution in [-0.2, 0) is 0 Å². The van der Waals surface area contributed by atoms with E-state index in [4.69, 9.17) is 0 Å². The number of nitriles is 1. The molecule has 0 amide bonds. The standard InChI is InChI=1S/C28H40N4/c29-18-21-11-12-28-26(17-21)27(20-32(28)24-9-5-2-6-10-24)25(22-7-3-1-4-8-22)14-16-31-23-13-15-30-19-23/h11-12,17,20,22-25,30-31H,1-10,13-16,19H2. The van der Waals surface area contributed by atoms with Crippen molar-refractivity contribution in [1.29, 1.82) is 5.26 Å². The van der Waals surface area contributed by atoms with Crippen molar-refractivity contribution in [2.45, 2.75) is 95.1 Å². The Morgan fingerprint density at radius 2 is 1.81 bits per heavy atom. The molecule has 172 valence electrons. The highest BCUT2D eigenvalue weighted by Gasteiger charge is 2.29. The number of nitrogens with zero attached hydrogens (tertiary/aromatic N) is 2. The Balaban J connectivity index is 1.48. The number of fused-ring (bicyclic) bond motifs is 1. The molecule has 1 aliphatic heterocycles. The van der Waals surface area contributed by atoms with Crippen LogP contribution in [-0.4, -0.2) is 30.2 Å². The Morgan fingerprint density at radius 3 is 2.53 bits per heavy atom. The predicted octanol–water partition coefficient (Wildman–Crippen LogP) is 6.02. The largest absolute Gasteiger partial charge is 0.344 e. The lowest BCUT2D eigenvalue weighted by molar-refractivity contribution is 0.290. The van der Waals surface area contributed by atoms with Gasteiger partial charge in [-0.05, 0) is 87.2 Å². The molecule has 3 aliphatic rings. The Hall–Kier alpha value is -1.83. The average Bonchev–Trinajstić information content (AvgIpc) is 3.51. The number of hydrogen-bond acceptors (Lipinski definition) is 3. The summed E-state index contributed by atoms with van der Waals surface area (Å²) in [6.07, 6.45) is 18.6. The van der Waals surface area contributed by atoms with Crippen molar-refractivity contribution >= 4 is 10.9 Å². The quantitative estimate of drug-likeness (QED) is 0.562. The van der Waals surface area contributed by atoms with E-state index < -0.39 is 0 Å². The fraction of sp³-hybridized carbons (Fsp3) is 0.679. The van der Waals surface area contributed by atoms with Crippen LogP contribution in [0.15, 0.2) is 24.4 Å². The normalized spacial score (nSPS) is 24.0. The third-order valence-electron chi connectivity index (χ3n) is 8.53. The van der Waals surface area contributed by atoms with E-state index in [1.165, 1.54) is 93.5 Å². The summed E-state index contributed by atoms with van der Waals surface area (Å²) in [7, 11) is 0. The summed E-state index contributed by atoms with van der Waals surface area (Å²) in [6, 6.07) is 10.1. The molecule has 1 aromatic carbocycles. The summed E-state index contributed by atoms with van der Waals surface area (Å²) in [5, 5.41) is 18.3. The molecule has 2 aliphatic carbocycles. The molecule has 2 heterocycles. The molecule has 2 atom stereocenters. The van der Waals surface area contributed by atoms with Crippen LogP contribution in [0.4, 0.5) is 0 Å². The number of hydrogen-bond donors (Lipinski definition) is 2. The van der Waals surface area contributed by atoms with Gasteiger partial charge < -0.3 is 15.2 Å². The monoisotopic (exact) mass is 432 g/mol. The van der Waals surface area contributed by atoms with Crippen molar-refractivity contribution in [2.75, 3.05) is 19.6 Å². The molecule has 0 radical (unpaired) electrons. The van der Waals surface area contributed by atoms with E-state index in [9.17, 15) is 5.26 Å². The smallest absolute Gasteiger partial charge is 0.0991 e. The fourth-order valence-corrected chi connectivity index (χ4v) is 6.76. The first-order valence-electron chi connectivity index (χ1n) is 13.3. The van der Waals surface area contributed by atoms with Crippen molar-refractivity contribution in [2.24, 2.45) is 5.92 Å². The van der Waals surface area contributed by atoms with Crippen molar-refractivity contribution < 1.29 is 0 Å². The van der Waals surface area contributed by atoms with Gasteiger partial charge in [0.25, 0.3) is 0 Å². The van der Waals surface area contributed by atoms with Gasteiger partial charge in [-0.15, -0.1) is 0 Å². The van der Waals surface area contributed by atoms with E-state index in [-0.39, 0.29) is 0 Å². The Morgan fingerprint density at radius 1 is 1.03 bits per heavy atom. The fourth-order valence-electron chi connectivity index (χ4n) is 6.76. The molecular weight excluding hydrogens is 392 g/mol. The van der Waals surface area contributed by atoms with Crippen LogP contribution in [0.25, 0.3) is 10.9 Å². The summed E-state index contributed by atoms with van der Waals surface area (Å²) in [5.41, 5.74) is 3.69. The van der Waals surface area contributed by atoms with Crippen LogP contribution < -0.4 is 10.6 Å². The molecule has 2 N–H and O–H groups in total. The maximum Gasteiger partial charge on any atom is 0.0991 e. The second kappa shape index (κ2) is 10.4. The SMILES string of the molecule is N#Cc1ccc2c(c1)c(C(CCNC1CCNC1)C1CCCCC1)cn2C1CCCCC1. The van der Waals surface area contributed by atoms with Crippen molar-refractivity contribution in [3.05, 3.63) is 35.5 Å². The second-order valence-electron chi connectivity index (χ2n) is 10.6. The summed E-state index contributed by atoms with van der Waals surface area (Å²) in [4.78, 5) is 0. The molecule has 1 saturated heterocycles. The molecule has 1 aromatic heterocycles. The molecule has 3 fully saturated rings. The van der Waals surface area contributed by atoms with Gasteiger partial charge in [-0.3, -0.25) is 0 Å². The van der Waals surface area contributed by atoms with Gasteiger partial charge in [0.15, 0.2) is 0 Å². The lowest BCUT2D eigenvalue weighted by Gasteiger charge is -2.31. The second-order valence-corrected chi connectivity index (χ2v) is 10.6. The third-order valence-corrected chi connectivity index (χ3v) is 8.53. The zero-order valence-corrected chi connectivity index (χ0v) is 19.6. The van der Waals surface area contributed by atoms with E-state index in [2.05, 4.69) is 39.6 Å². The maximum atomic E-state index is 9.62. The Labute approximate surface area is 193 Å². The molecule has 0 bridgehead atoms. The number of aromatic nitrogens is 1. The zero-order valence-electron chi connectivity index (χ0n) is 19.6. The topological polar surface area (TPSA) is 52.8 Å². The highest BCUT2D eigenvalue weighted by molar-refractivity contribution is 5.86. The first-order chi connectivity index (χ1) is 15.8. The minimum Gasteiger partial charge on any atom is -0.344 e. The van der Waals surface area contributed by atoms with Gasteiger partial charge in [-0.2, -0.15) is 5.26 Å². The lowest BCUT2D eigenvalue weighted by Crippen LogP contribution is -2.33. The summed E-state index contributed by atoms with van der Waals surface area (Å²) >= 11 is 0. The highest BCUT2D eigenvalue weighted by atomic mass is 15.0. The molecule has 5 rings (SSSR count). The van der Waals surface area contributed by atoms with Gasteiger partial charge in [0.1, 0.15) is 0 Å². The summed E-state index contributed by atoms with van der Waals surface area (Å²) in [6.45, 7) is 3.36. The minimum atomic E-state index is 0.596. The summed E-state index contributed by atoms with van der Waals surface area (Å²) in [5.74, 6) is 1.38. The van der Waals surface area contributed by atoms with Crippen LogP contribution >= 0.6 is 0 Å². The van der Waals surface area contributed by atoms with Gasteiger partial charge >= 0.3 is 0 Å². The Kier molecular flexibility index (Phi) is 7.15. The molecule has 32 heavy (non-hydrogen) atoms. The average molecular weight is 433 g/mol. The lowest BCUT2D eigenvalue weighted by atomic mass is 9.75. The molecule has 2 aromatic rings. The van der Waals surface area contributed by atoms with Crippen LogP contribution in [0.5, 0.6) is 0 Å². The van der Waals surface area contributed by atoms with Crippen molar-refractivity contribution in [1.82, 2.24) is 15.2 Å². The van der Waals surface area contributed by atoms with Gasteiger partial charge in [-0.1, -0.05) is 38.5 Å². The van der Waals surface area contributed by atoms with E-state index in [0.717, 1.165) is 31.1 Å². The van der Waals surface area contributed by atoms with Crippen molar-refractivity contribution in [3.63, 3.8) is 0 Å². The molecule has 4 heteroatoms. The van der Waals surface area contributed by atoms with Crippen LogP contribution in [0.2, 0.25) is 0 Å². The maximum absolute atomic E-state index is 9.62. The summed E-state index contributed by atoms with van der Waals surface area (Å²) < 4.78 is 2.61. The Bertz CT molecular complexity index is 921. The first kappa shape index (κ1) is 22.0. The van der Waals surface area contributed by atoms with Gasteiger partial charge in [0.2, 0.25) is 0 Å². The molecule has 4 nitrogen and oxygen atoms in total. The zero-order chi connectivity index (χ0) is 21.8. The predicted molar refractivity (Wildman–Crippen MR) is 132 cm³/mol. The van der Waals surface area contributed by atoms with E-state index in [1.54, 1.807) is 0 Å². The van der Waals surface area contributed by atoms with Gasteiger partial charge in [-0.25, -0.2) is 0 Å². The van der Waals surface area contributed by atoms with Crippen LogP contribution in [0.1, 0.15) is 100 Å². The van der Waals surface area contributed by atoms with Gasteiger partial charge in [0, 0.05) is 35.7 Å². The molecule has 2 saturated carbocycles. The van der Waals surface area contributed by atoms with Gasteiger partial charge in [0.05, 0.1) is 11.6 Å². The van der Waals surface area contributed by atoms with E-state index >= 15 is 0 Å². The van der Waals surface area contributed by atoms with Crippen molar-refractivity contribution in [3.8, 4) is 6.07 Å². The minimum absolute atomic E-state index is 0.596. The first-order valence-corrected chi connectivity index (χ1v) is 13.3. The molecule has 2 unspecified atom stereocenters.